The Hall–Kier alpha value is -2.99. The molecule has 6 heteroatoms. The van der Waals surface area contributed by atoms with Crippen molar-refractivity contribution in [1.29, 1.82) is 0 Å². The van der Waals surface area contributed by atoms with Crippen LogP contribution in [-0.2, 0) is 0 Å². The summed E-state index contributed by atoms with van der Waals surface area (Å²) in [4.78, 5) is 21.6. The fourth-order valence-electron chi connectivity index (χ4n) is 2.91. The highest BCUT2D eigenvalue weighted by molar-refractivity contribution is 7.15. The maximum absolute atomic E-state index is 13.2. The highest BCUT2D eigenvalue weighted by atomic mass is 32.1. The number of thiophene rings is 1. The number of rotatable bonds is 3. The zero-order valence-corrected chi connectivity index (χ0v) is 15.5. The van der Waals surface area contributed by atoms with E-state index in [1.165, 1.54) is 4.88 Å². The van der Waals surface area contributed by atoms with Crippen molar-refractivity contribution in [3.05, 3.63) is 64.7 Å². The average Bonchev–Trinajstić information content (AvgIpc) is 3.26. The number of carbonyl (C=O) groups excluding carboxylic acids is 1. The summed E-state index contributed by atoms with van der Waals surface area (Å²) in [7, 11) is 1.77. The molecule has 4 rings (SSSR count). The van der Waals surface area contributed by atoms with E-state index in [1.54, 1.807) is 23.3 Å². The molecule has 0 spiro atoms. The van der Waals surface area contributed by atoms with E-state index in [0.717, 1.165) is 16.3 Å². The molecule has 0 N–H and O–H groups in total. The third-order valence-electron chi connectivity index (χ3n) is 4.29. The third kappa shape index (κ3) is 2.78. The molecule has 1 aromatic carbocycles. The summed E-state index contributed by atoms with van der Waals surface area (Å²) in [6, 6.07) is 15.4. The molecule has 4 aromatic rings. The molecule has 0 radical (unpaired) electrons. The van der Waals surface area contributed by atoms with E-state index >= 15 is 0 Å². The standard InChI is InChI=1S/C20H17N3O2S/c1-12-9-10-17(26-12)16-11-15(18-13(2)22-25-19(18)21-16)20(24)23(3)14-7-5-4-6-8-14/h4-11H,1-3H3. The van der Waals surface area contributed by atoms with Gasteiger partial charge in [-0.2, -0.15) is 0 Å². The number of pyridine rings is 1. The zero-order valence-electron chi connectivity index (χ0n) is 14.7. The van der Waals surface area contributed by atoms with Gasteiger partial charge < -0.3 is 9.42 Å². The maximum Gasteiger partial charge on any atom is 0.259 e. The number of nitrogens with zero attached hydrogens (tertiary/aromatic N) is 3. The minimum atomic E-state index is -0.121. The topological polar surface area (TPSA) is 59.2 Å². The van der Waals surface area contributed by atoms with E-state index in [2.05, 4.69) is 10.1 Å². The van der Waals surface area contributed by atoms with Gasteiger partial charge in [0, 0.05) is 17.6 Å². The van der Waals surface area contributed by atoms with E-state index in [9.17, 15) is 4.79 Å². The van der Waals surface area contributed by atoms with Crippen LogP contribution >= 0.6 is 11.3 Å². The molecule has 0 saturated carbocycles. The molecule has 0 bridgehead atoms. The van der Waals surface area contributed by atoms with Gasteiger partial charge in [0.15, 0.2) is 0 Å². The Bertz CT molecular complexity index is 1100. The van der Waals surface area contributed by atoms with Crippen LogP contribution in [0.25, 0.3) is 21.7 Å². The van der Waals surface area contributed by atoms with Crippen LogP contribution in [0.15, 0.2) is 53.1 Å². The molecule has 130 valence electrons. The number of para-hydroxylation sites is 1. The largest absolute Gasteiger partial charge is 0.335 e. The zero-order chi connectivity index (χ0) is 18.3. The van der Waals surface area contributed by atoms with Gasteiger partial charge in [0.1, 0.15) is 0 Å². The van der Waals surface area contributed by atoms with Gasteiger partial charge in [0.2, 0.25) is 0 Å². The fourth-order valence-corrected chi connectivity index (χ4v) is 3.74. The quantitative estimate of drug-likeness (QED) is 0.522. The van der Waals surface area contributed by atoms with Crippen LogP contribution < -0.4 is 4.90 Å². The summed E-state index contributed by atoms with van der Waals surface area (Å²) in [5.41, 5.74) is 3.13. The van der Waals surface area contributed by atoms with Crippen LogP contribution in [0, 0.1) is 13.8 Å². The fraction of sp³-hybridized carbons (Fsp3) is 0.150. The highest BCUT2D eigenvalue weighted by Crippen LogP contribution is 2.32. The lowest BCUT2D eigenvalue weighted by atomic mass is 10.1. The Kier molecular flexibility index (Phi) is 4.05. The predicted molar refractivity (Wildman–Crippen MR) is 104 cm³/mol. The summed E-state index contributed by atoms with van der Waals surface area (Å²) in [6.07, 6.45) is 0. The molecular weight excluding hydrogens is 346 g/mol. The van der Waals surface area contributed by atoms with Gasteiger partial charge in [0.25, 0.3) is 11.6 Å². The van der Waals surface area contributed by atoms with Crippen molar-refractivity contribution < 1.29 is 9.32 Å². The second kappa shape index (κ2) is 6.38. The van der Waals surface area contributed by atoms with Crippen molar-refractivity contribution in [2.75, 3.05) is 11.9 Å². The first-order chi connectivity index (χ1) is 12.5. The first kappa shape index (κ1) is 16.5. The number of hydrogen-bond donors (Lipinski definition) is 0. The second-order valence-electron chi connectivity index (χ2n) is 6.11. The van der Waals surface area contributed by atoms with Gasteiger partial charge in [-0.15, -0.1) is 11.3 Å². The molecular formula is C20H17N3O2S. The molecule has 3 aromatic heterocycles. The summed E-state index contributed by atoms with van der Waals surface area (Å²) in [5, 5.41) is 4.67. The average molecular weight is 363 g/mol. The number of aromatic nitrogens is 2. The van der Waals surface area contributed by atoms with E-state index < -0.39 is 0 Å². The molecule has 3 heterocycles. The maximum atomic E-state index is 13.2. The number of benzene rings is 1. The Morgan fingerprint density at radius 2 is 1.88 bits per heavy atom. The van der Waals surface area contributed by atoms with Crippen LogP contribution in [0.1, 0.15) is 20.9 Å². The predicted octanol–water partition coefficient (Wildman–Crippen LogP) is 4.84. The Morgan fingerprint density at radius 1 is 1.12 bits per heavy atom. The monoisotopic (exact) mass is 363 g/mol. The second-order valence-corrected chi connectivity index (χ2v) is 7.40. The van der Waals surface area contributed by atoms with Crippen LogP contribution in [0.3, 0.4) is 0 Å². The lowest BCUT2D eigenvalue weighted by Crippen LogP contribution is -2.26. The molecule has 1 amide bonds. The third-order valence-corrected chi connectivity index (χ3v) is 5.31. The lowest BCUT2D eigenvalue weighted by Gasteiger charge is -2.18. The van der Waals surface area contributed by atoms with Crippen molar-refractivity contribution in [3.8, 4) is 10.6 Å². The highest BCUT2D eigenvalue weighted by Gasteiger charge is 2.22. The van der Waals surface area contributed by atoms with E-state index in [1.807, 2.05) is 62.4 Å². The molecule has 26 heavy (non-hydrogen) atoms. The van der Waals surface area contributed by atoms with Crippen LogP contribution in [0.2, 0.25) is 0 Å². The molecule has 0 fully saturated rings. The Morgan fingerprint density at radius 3 is 2.58 bits per heavy atom. The number of hydrogen-bond acceptors (Lipinski definition) is 5. The van der Waals surface area contributed by atoms with Crippen molar-refractivity contribution >= 4 is 34.0 Å². The first-order valence-electron chi connectivity index (χ1n) is 8.21. The molecule has 0 aliphatic heterocycles. The minimum absolute atomic E-state index is 0.121. The molecule has 5 nitrogen and oxygen atoms in total. The van der Waals surface area contributed by atoms with Gasteiger partial charge in [-0.1, -0.05) is 23.4 Å². The summed E-state index contributed by atoms with van der Waals surface area (Å²) >= 11 is 1.63. The SMILES string of the molecule is Cc1ccc(-c2cc(C(=O)N(C)c3ccccc3)c3c(C)noc3n2)s1. The van der Waals surface area contributed by atoms with Crippen LogP contribution in [0.4, 0.5) is 5.69 Å². The number of fused-ring (bicyclic) bond motifs is 1. The van der Waals surface area contributed by atoms with Crippen molar-refractivity contribution in [1.82, 2.24) is 10.1 Å². The van der Waals surface area contributed by atoms with Crippen LogP contribution in [-0.4, -0.2) is 23.1 Å². The van der Waals surface area contributed by atoms with E-state index in [0.29, 0.717) is 22.4 Å². The Balaban J connectivity index is 1.87. The molecule has 0 atom stereocenters. The number of amides is 1. The minimum Gasteiger partial charge on any atom is -0.335 e. The van der Waals surface area contributed by atoms with Gasteiger partial charge in [0.05, 0.1) is 27.2 Å². The van der Waals surface area contributed by atoms with Crippen molar-refractivity contribution in [2.24, 2.45) is 0 Å². The van der Waals surface area contributed by atoms with Crippen LogP contribution in [0.5, 0.6) is 0 Å². The summed E-state index contributed by atoms with van der Waals surface area (Å²) < 4.78 is 5.37. The molecule has 0 aliphatic rings. The van der Waals surface area contributed by atoms with Gasteiger partial charge in [-0.3, -0.25) is 4.79 Å². The Labute approximate surface area is 154 Å². The molecule has 0 aliphatic carbocycles. The van der Waals surface area contributed by atoms with Gasteiger partial charge in [-0.25, -0.2) is 4.98 Å². The number of anilines is 1. The first-order valence-corrected chi connectivity index (χ1v) is 9.03. The van der Waals surface area contributed by atoms with E-state index in [4.69, 9.17) is 4.52 Å². The lowest BCUT2D eigenvalue weighted by molar-refractivity contribution is 0.0994. The molecule has 0 saturated heterocycles. The number of carbonyl (C=O) groups is 1. The van der Waals surface area contributed by atoms with Crippen molar-refractivity contribution in [2.45, 2.75) is 13.8 Å². The van der Waals surface area contributed by atoms with E-state index in [-0.39, 0.29) is 5.91 Å². The normalized spacial score (nSPS) is 11.0. The smallest absolute Gasteiger partial charge is 0.259 e. The number of aryl methyl sites for hydroxylation is 2. The molecule has 0 unspecified atom stereocenters. The van der Waals surface area contributed by atoms with Crippen molar-refractivity contribution in [3.63, 3.8) is 0 Å². The summed E-state index contributed by atoms with van der Waals surface area (Å²) in [6.45, 7) is 3.86. The van der Waals surface area contributed by atoms with Gasteiger partial charge in [-0.05, 0) is 44.2 Å². The van der Waals surface area contributed by atoms with Gasteiger partial charge >= 0.3 is 0 Å². The summed E-state index contributed by atoms with van der Waals surface area (Å²) in [5.74, 6) is -0.121.